The normalized spacial score (nSPS) is 11.3. The number of carbonyl (C=O) groups excluding carboxylic acids is 3. The maximum absolute atomic E-state index is 13.6. The second-order valence-electron chi connectivity index (χ2n) is 9.32. The number of imide groups is 1. The van der Waals surface area contributed by atoms with Crippen LogP contribution in [-0.4, -0.2) is 46.3 Å². The maximum atomic E-state index is 13.6. The van der Waals surface area contributed by atoms with Crippen molar-refractivity contribution in [1.29, 1.82) is 5.41 Å². The molecule has 0 radical (unpaired) electrons. The number of benzene rings is 3. The molecule has 1 atom stereocenters. The topological polar surface area (TPSA) is 149 Å². The number of nitrogens with two attached hydrogens (primary N) is 1. The Balaban J connectivity index is 1.87. The SMILES string of the molecule is Cc1cc(CNC(=O)C(CCCNC(=N)N)N(C(=O)Cc2ccccc2)C(=O)Cc2ccccc2)ccc1O. The molecule has 204 valence electrons. The van der Waals surface area contributed by atoms with Gasteiger partial charge >= 0.3 is 0 Å². The molecule has 0 saturated carbocycles. The van der Waals surface area contributed by atoms with Gasteiger partial charge in [-0.1, -0.05) is 72.8 Å². The molecule has 0 heterocycles. The number of nitrogens with zero attached hydrogens (tertiary/aromatic N) is 1. The molecular weight excluding hydrogens is 494 g/mol. The lowest BCUT2D eigenvalue weighted by Gasteiger charge is -2.30. The van der Waals surface area contributed by atoms with Gasteiger partial charge in [-0.25, -0.2) is 0 Å². The molecule has 0 spiro atoms. The van der Waals surface area contributed by atoms with Crippen LogP contribution in [0.1, 0.15) is 35.1 Å². The van der Waals surface area contributed by atoms with Gasteiger partial charge in [0.2, 0.25) is 17.7 Å². The van der Waals surface area contributed by atoms with E-state index in [-0.39, 0.29) is 37.5 Å². The molecule has 9 heteroatoms. The lowest BCUT2D eigenvalue weighted by molar-refractivity contribution is -0.151. The van der Waals surface area contributed by atoms with Gasteiger partial charge in [-0.05, 0) is 48.1 Å². The van der Waals surface area contributed by atoms with Crippen LogP contribution >= 0.6 is 0 Å². The number of amides is 3. The Morgan fingerprint density at radius 1 is 0.872 bits per heavy atom. The molecule has 3 aromatic rings. The highest BCUT2D eigenvalue weighted by Gasteiger charge is 2.34. The number of aromatic hydroxyl groups is 1. The van der Waals surface area contributed by atoms with E-state index in [9.17, 15) is 19.5 Å². The molecular formula is C30H35N5O4. The van der Waals surface area contributed by atoms with Crippen molar-refractivity contribution in [2.75, 3.05) is 6.54 Å². The van der Waals surface area contributed by atoms with E-state index >= 15 is 0 Å². The minimum Gasteiger partial charge on any atom is -0.508 e. The molecule has 6 N–H and O–H groups in total. The minimum atomic E-state index is -1.07. The molecule has 0 saturated heterocycles. The van der Waals surface area contributed by atoms with Crippen LogP contribution < -0.4 is 16.4 Å². The first-order valence-electron chi connectivity index (χ1n) is 12.8. The molecule has 0 fully saturated rings. The largest absolute Gasteiger partial charge is 0.508 e. The highest BCUT2D eigenvalue weighted by molar-refractivity contribution is 6.01. The first kappa shape index (κ1) is 28.9. The summed E-state index contributed by atoms with van der Waals surface area (Å²) in [5.41, 5.74) is 8.30. The summed E-state index contributed by atoms with van der Waals surface area (Å²) in [5, 5.41) is 22.8. The van der Waals surface area contributed by atoms with Gasteiger partial charge in [0, 0.05) is 13.1 Å². The third-order valence-electron chi connectivity index (χ3n) is 6.25. The Labute approximate surface area is 228 Å². The smallest absolute Gasteiger partial charge is 0.243 e. The van der Waals surface area contributed by atoms with Crippen molar-refractivity contribution < 1.29 is 19.5 Å². The van der Waals surface area contributed by atoms with Crippen LogP contribution in [0.2, 0.25) is 0 Å². The summed E-state index contributed by atoms with van der Waals surface area (Å²) in [4.78, 5) is 41.9. The Hall–Kier alpha value is -4.66. The zero-order chi connectivity index (χ0) is 28.2. The van der Waals surface area contributed by atoms with Crippen LogP contribution in [0.4, 0.5) is 0 Å². The quantitative estimate of drug-likeness (QED) is 0.138. The third kappa shape index (κ3) is 8.99. The Bertz CT molecular complexity index is 1230. The average Bonchev–Trinajstić information content (AvgIpc) is 2.91. The number of nitrogens with one attached hydrogen (secondary N) is 3. The summed E-state index contributed by atoms with van der Waals surface area (Å²) in [6.45, 7) is 2.23. The Morgan fingerprint density at radius 3 is 1.95 bits per heavy atom. The van der Waals surface area contributed by atoms with Crippen molar-refractivity contribution >= 4 is 23.7 Å². The predicted octanol–water partition coefficient (Wildman–Crippen LogP) is 2.79. The molecule has 3 aromatic carbocycles. The molecule has 9 nitrogen and oxygen atoms in total. The number of rotatable bonds is 12. The summed E-state index contributed by atoms with van der Waals surface area (Å²) in [6, 6.07) is 22.1. The van der Waals surface area contributed by atoms with Gasteiger partial charge in [-0.2, -0.15) is 0 Å². The lowest BCUT2D eigenvalue weighted by Crippen LogP contribution is -2.53. The molecule has 39 heavy (non-hydrogen) atoms. The molecule has 0 aliphatic rings. The highest BCUT2D eigenvalue weighted by Crippen LogP contribution is 2.18. The van der Waals surface area contributed by atoms with Crippen molar-refractivity contribution in [2.45, 2.75) is 45.2 Å². The number of phenols is 1. The molecule has 3 amide bonds. The van der Waals surface area contributed by atoms with E-state index in [2.05, 4.69) is 10.6 Å². The van der Waals surface area contributed by atoms with E-state index in [1.54, 1.807) is 49.4 Å². The van der Waals surface area contributed by atoms with Gasteiger partial charge in [0.1, 0.15) is 11.8 Å². The van der Waals surface area contributed by atoms with Gasteiger partial charge in [-0.3, -0.25) is 24.7 Å². The summed E-state index contributed by atoms with van der Waals surface area (Å²) in [5.74, 6) is -1.45. The van der Waals surface area contributed by atoms with Gasteiger partial charge in [0.25, 0.3) is 0 Å². The lowest BCUT2D eigenvalue weighted by atomic mass is 10.0. The summed E-state index contributed by atoms with van der Waals surface area (Å²) in [6.07, 6.45) is 0.507. The standard InChI is InChI=1S/C30H35N5O4/c1-21-17-24(14-15-26(21)36)20-34-29(39)25(13-8-16-33-30(31)32)35(27(37)18-22-9-4-2-5-10-22)28(38)19-23-11-6-3-7-12-23/h2-7,9-12,14-15,17,25,36H,8,13,16,18-20H2,1H3,(H,34,39)(H4,31,32,33). The summed E-state index contributed by atoms with van der Waals surface area (Å²) >= 11 is 0. The second kappa shape index (κ2) is 14.3. The van der Waals surface area contributed by atoms with Crippen LogP contribution in [-0.2, 0) is 33.8 Å². The van der Waals surface area contributed by atoms with Crippen molar-refractivity contribution in [1.82, 2.24) is 15.5 Å². The first-order valence-corrected chi connectivity index (χ1v) is 12.8. The predicted molar refractivity (Wildman–Crippen MR) is 150 cm³/mol. The van der Waals surface area contributed by atoms with E-state index in [0.29, 0.717) is 18.5 Å². The van der Waals surface area contributed by atoms with E-state index in [1.807, 2.05) is 36.4 Å². The number of guanidine groups is 1. The summed E-state index contributed by atoms with van der Waals surface area (Å²) in [7, 11) is 0. The fraction of sp³-hybridized carbons (Fsp3) is 0.267. The molecule has 3 rings (SSSR count). The number of hydrogen-bond acceptors (Lipinski definition) is 5. The molecule has 0 aliphatic heterocycles. The zero-order valence-electron chi connectivity index (χ0n) is 22.0. The maximum Gasteiger partial charge on any atom is 0.243 e. The fourth-order valence-corrected chi connectivity index (χ4v) is 4.23. The number of hydrogen-bond donors (Lipinski definition) is 5. The van der Waals surface area contributed by atoms with Crippen LogP contribution in [0.15, 0.2) is 78.9 Å². The van der Waals surface area contributed by atoms with Gasteiger partial charge in [0.15, 0.2) is 5.96 Å². The third-order valence-corrected chi connectivity index (χ3v) is 6.25. The molecule has 1 unspecified atom stereocenters. The van der Waals surface area contributed by atoms with Gasteiger partial charge < -0.3 is 21.5 Å². The average molecular weight is 530 g/mol. The zero-order valence-corrected chi connectivity index (χ0v) is 22.0. The van der Waals surface area contributed by atoms with E-state index in [1.165, 1.54) is 0 Å². The van der Waals surface area contributed by atoms with Crippen molar-refractivity contribution in [3.63, 3.8) is 0 Å². The summed E-state index contributed by atoms with van der Waals surface area (Å²) < 4.78 is 0. The first-order chi connectivity index (χ1) is 18.7. The monoisotopic (exact) mass is 529 g/mol. The van der Waals surface area contributed by atoms with E-state index in [4.69, 9.17) is 11.1 Å². The number of carbonyl (C=O) groups is 3. The van der Waals surface area contributed by atoms with Gasteiger partial charge in [-0.15, -0.1) is 0 Å². The van der Waals surface area contributed by atoms with Crippen LogP contribution in [0.3, 0.4) is 0 Å². The Morgan fingerprint density at radius 2 is 1.44 bits per heavy atom. The van der Waals surface area contributed by atoms with E-state index in [0.717, 1.165) is 21.6 Å². The minimum absolute atomic E-state index is 0.0337. The second-order valence-corrected chi connectivity index (χ2v) is 9.32. The number of phenolic OH excluding ortho intramolecular Hbond substituents is 1. The van der Waals surface area contributed by atoms with Crippen LogP contribution in [0.5, 0.6) is 5.75 Å². The van der Waals surface area contributed by atoms with Crippen molar-refractivity contribution in [3.8, 4) is 5.75 Å². The molecule has 0 bridgehead atoms. The van der Waals surface area contributed by atoms with Crippen LogP contribution in [0.25, 0.3) is 0 Å². The number of aryl methyl sites for hydroxylation is 1. The van der Waals surface area contributed by atoms with Crippen molar-refractivity contribution in [3.05, 3.63) is 101 Å². The molecule has 0 aliphatic carbocycles. The fourth-order valence-electron chi connectivity index (χ4n) is 4.23. The van der Waals surface area contributed by atoms with Crippen LogP contribution in [0, 0.1) is 12.3 Å². The van der Waals surface area contributed by atoms with E-state index < -0.39 is 23.8 Å². The highest BCUT2D eigenvalue weighted by atomic mass is 16.3. The van der Waals surface area contributed by atoms with Crippen molar-refractivity contribution in [2.24, 2.45) is 5.73 Å². The van der Waals surface area contributed by atoms with Gasteiger partial charge in [0.05, 0.1) is 12.8 Å². The Kier molecular flexibility index (Phi) is 10.6. The molecule has 0 aromatic heterocycles.